The second-order valence-corrected chi connectivity index (χ2v) is 6.18. The first kappa shape index (κ1) is 17.1. The van der Waals surface area contributed by atoms with Crippen LogP contribution in [0.5, 0.6) is 5.75 Å². The number of H-pyrrole nitrogens is 1. The predicted molar refractivity (Wildman–Crippen MR) is 107 cm³/mol. The minimum atomic E-state index is -0.180. The Morgan fingerprint density at radius 2 is 1.96 bits per heavy atom. The van der Waals surface area contributed by atoms with E-state index in [1.165, 1.54) is 4.68 Å². The van der Waals surface area contributed by atoms with Crippen molar-refractivity contribution in [1.82, 2.24) is 9.78 Å². The van der Waals surface area contributed by atoms with E-state index in [1.54, 1.807) is 13.3 Å². The first-order valence-electron chi connectivity index (χ1n) is 8.64. The fraction of sp³-hybridized carbons (Fsp3) is 0.143. The molecule has 1 aromatic heterocycles. The zero-order valence-corrected chi connectivity index (χ0v) is 14.8. The second-order valence-electron chi connectivity index (χ2n) is 6.18. The molecular weight excluding hydrogens is 342 g/mol. The maximum atomic E-state index is 12.9. The van der Waals surface area contributed by atoms with Crippen LogP contribution in [0.2, 0.25) is 0 Å². The van der Waals surface area contributed by atoms with Crippen LogP contribution in [0.4, 0.5) is 5.69 Å². The maximum absolute atomic E-state index is 12.9. The summed E-state index contributed by atoms with van der Waals surface area (Å²) in [5.74, 6) is 0.743. The molecule has 2 aromatic carbocycles. The van der Waals surface area contributed by atoms with Gasteiger partial charge in [0.2, 0.25) is 0 Å². The van der Waals surface area contributed by atoms with Crippen LogP contribution in [0, 0.1) is 0 Å². The van der Waals surface area contributed by atoms with Crippen LogP contribution in [0.1, 0.15) is 11.1 Å². The number of aromatic amines is 1. The van der Waals surface area contributed by atoms with Crippen LogP contribution in [-0.4, -0.2) is 34.8 Å². The predicted octanol–water partition coefficient (Wildman–Crippen LogP) is 3.10. The Morgan fingerprint density at radius 1 is 1.19 bits per heavy atom. The average molecular weight is 361 g/mol. The van der Waals surface area contributed by atoms with E-state index in [0.717, 1.165) is 28.1 Å². The highest BCUT2D eigenvalue weighted by Crippen LogP contribution is 2.33. The van der Waals surface area contributed by atoms with Crippen molar-refractivity contribution in [3.05, 3.63) is 70.0 Å². The summed E-state index contributed by atoms with van der Waals surface area (Å²) in [6, 6.07) is 15.3. The molecule has 6 nitrogen and oxygen atoms in total. The molecule has 0 saturated carbocycles. The van der Waals surface area contributed by atoms with Gasteiger partial charge in [0.25, 0.3) is 5.56 Å². The molecule has 0 unspecified atom stereocenters. The molecule has 1 aliphatic rings. The fourth-order valence-electron chi connectivity index (χ4n) is 3.18. The van der Waals surface area contributed by atoms with Crippen LogP contribution in [-0.2, 0) is 6.54 Å². The molecule has 136 valence electrons. The van der Waals surface area contributed by atoms with E-state index in [-0.39, 0.29) is 18.7 Å². The summed E-state index contributed by atoms with van der Waals surface area (Å²) in [5, 5.41) is 12.4. The quantitative estimate of drug-likeness (QED) is 0.733. The van der Waals surface area contributed by atoms with Gasteiger partial charge in [-0.3, -0.25) is 14.9 Å². The molecule has 27 heavy (non-hydrogen) atoms. The van der Waals surface area contributed by atoms with Gasteiger partial charge in [-0.15, -0.1) is 0 Å². The van der Waals surface area contributed by atoms with Gasteiger partial charge in [-0.1, -0.05) is 18.2 Å². The standard InChI is InChI=1S/C21H19N3O3/c1-27-16-8-6-14(7-9-16)20-18(21(26)24(23-20)10-11-25)12-15-13-22-19-5-3-2-4-17(15)19/h2-9,12-13,23,25H,10-11H2,1H3. The van der Waals surface area contributed by atoms with Crippen molar-refractivity contribution in [2.75, 3.05) is 13.7 Å². The van der Waals surface area contributed by atoms with Gasteiger partial charge in [0, 0.05) is 22.9 Å². The van der Waals surface area contributed by atoms with Gasteiger partial charge in [0.05, 0.1) is 37.2 Å². The summed E-state index contributed by atoms with van der Waals surface area (Å²) < 4.78 is 6.63. The van der Waals surface area contributed by atoms with E-state index >= 15 is 0 Å². The summed E-state index contributed by atoms with van der Waals surface area (Å²) in [5.41, 5.74) is 4.68. The topological polar surface area (TPSA) is 79.6 Å². The van der Waals surface area contributed by atoms with Crippen molar-refractivity contribution in [3.63, 3.8) is 0 Å². The number of hydrogen-bond donors (Lipinski definition) is 2. The SMILES string of the molecule is COc1ccc(-c2[nH]n(CCO)c(=O)c2C=C2C=Nc3ccccc32)cc1. The number of fused-ring (bicyclic) bond motifs is 1. The first-order chi connectivity index (χ1) is 13.2. The molecule has 0 aliphatic carbocycles. The van der Waals surface area contributed by atoms with Crippen molar-refractivity contribution in [2.24, 2.45) is 4.99 Å². The summed E-state index contributed by atoms with van der Waals surface area (Å²) in [6.07, 6.45) is 3.62. The number of rotatable bonds is 5. The monoisotopic (exact) mass is 361 g/mol. The van der Waals surface area contributed by atoms with Crippen LogP contribution in [0.3, 0.4) is 0 Å². The highest BCUT2D eigenvalue weighted by molar-refractivity contribution is 6.21. The number of aliphatic imine (C=N–C) groups is 1. The van der Waals surface area contributed by atoms with E-state index in [9.17, 15) is 9.90 Å². The van der Waals surface area contributed by atoms with E-state index < -0.39 is 0 Å². The number of aromatic nitrogens is 2. The number of ether oxygens (including phenoxy) is 1. The summed E-state index contributed by atoms with van der Waals surface area (Å²) >= 11 is 0. The van der Waals surface area contributed by atoms with Gasteiger partial charge in [0.15, 0.2) is 0 Å². The van der Waals surface area contributed by atoms with Crippen molar-refractivity contribution in [1.29, 1.82) is 0 Å². The van der Waals surface area contributed by atoms with Gasteiger partial charge in [-0.2, -0.15) is 0 Å². The molecule has 3 aromatic rings. The Hall–Kier alpha value is -3.38. The second kappa shape index (κ2) is 7.09. The lowest BCUT2D eigenvalue weighted by molar-refractivity contribution is 0.267. The largest absolute Gasteiger partial charge is 0.497 e. The van der Waals surface area contributed by atoms with Crippen LogP contribution in [0.15, 0.2) is 58.3 Å². The first-order valence-corrected chi connectivity index (χ1v) is 8.64. The number of nitrogens with one attached hydrogen (secondary N) is 1. The minimum absolute atomic E-state index is 0.122. The van der Waals surface area contributed by atoms with Gasteiger partial charge in [-0.05, 0) is 36.4 Å². The lowest BCUT2D eigenvalue weighted by atomic mass is 10.0. The smallest absolute Gasteiger partial charge is 0.274 e. The molecule has 0 amide bonds. The highest BCUT2D eigenvalue weighted by Gasteiger charge is 2.17. The normalized spacial score (nSPS) is 13.9. The van der Waals surface area contributed by atoms with Crippen LogP contribution in [0.25, 0.3) is 22.9 Å². The molecule has 0 radical (unpaired) electrons. The minimum Gasteiger partial charge on any atom is -0.497 e. The zero-order chi connectivity index (χ0) is 18.8. The van der Waals surface area contributed by atoms with Gasteiger partial charge in [-0.25, -0.2) is 4.68 Å². The zero-order valence-electron chi connectivity index (χ0n) is 14.8. The lowest BCUT2D eigenvalue weighted by Crippen LogP contribution is -2.19. The van der Waals surface area contributed by atoms with Crippen molar-refractivity contribution >= 4 is 23.6 Å². The molecular formula is C21H19N3O3. The highest BCUT2D eigenvalue weighted by atomic mass is 16.5. The maximum Gasteiger partial charge on any atom is 0.274 e. The number of methoxy groups -OCH3 is 1. The number of para-hydroxylation sites is 1. The molecule has 0 saturated heterocycles. The van der Waals surface area contributed by atoms with Crippen LogP contribution >= 0.6 is 0 Å². The van der Waals surface area contributed by atoms with E-state index in [1.807, 2.05) is 54.6 Å². The molecule has 6 heteroatoms. The van der Waals surface area contributed by atoms with Gasteiger partial charge >= 0.3 is 0 Å². The van der Waals surface area contributed by atoms with E-state index in [0.29, 0.717) is 11.3 Å². The van der Waals surface area contributed by atoms with Crippen LogP contribution < -0.4 is 10.3 Å². The summed E-state index contributed by atoms with van der Waals surface area (Å²) in [7, 11) is 1.61. The number of benzene rings is 2. The molecule has 0 fully saturated rings. The number of allylic oxidation sites excluding steroid dienone is 1. The number of aliphatic hydroxyl groups is 1. The lowest BCUT2D eigenvalue weighted by Gasteiger charge is -2.04. The van der Waals surface area contributed by atoms with Crippen molar-refractivity contribution in [3.8, 4) is 17.0 Å². The molecule has 0 atom stereocenters. The molecule has 1 aliphatic heterocycles. The molecule has 2 N–H and O–H groups in total. The van der Waals surface area contributed by atoms with Crippen molar-refractivity contribution < 1.29 is 9.84 Å². The number of nitrogens with zero attached hydrogens (tertiary/aromatic N) is 2. The summed E-state index contributed by atoms with van der Waals surface area (Å²) in [4.78, 5) is 17.3. The van der Waals surface area contributed by atoms with Gasteiger partial charge < -0.3 is 9.84 Å². The summed E-state index contributed by atoms with van der Waals surface area (Å²) in [6.45, 7) is 0.0820. The third kappa shape index (κ3) is 3.11. The molecule has 0 spiro atoms. The number of aliphatic hydroxyl groups excluding tert-OH is 1. The van der Waals surface area contributed by atoms with E-state index in [4.69, 9.17) is 4.74 Å². The Morgan fingerprint density at radius 3 is 2.70 bits per heavy atom. The molecule has 0 bridgehead atoms. The van der Waals surface area contributed by atoms with Gasteiger partial charge in [0.1, 0.15) is 5.75 Å². The Labute approximate surface area is 156 Å². The van der Waals surface area contributed by atoms with Crippen molar-refractivity contribution in [2.45, 2.75) is 6.54 Å². The molecule has 4 rings (SSSR count). The average Bonchev–Trinajstić information content (AvgIpc) is 3.25. The Bertz CT molecular complexity index is 1090. The Balaban J connectivity index is 1.85. The number of hydrogen-bond acceptors (Lipinski definition) is 4. The molecule has 2 heterocycles. The third-order valence-corrected chi connectivity index (χ3v) is 4.55. The van der Waals surface area contributed by atoms with E-state index in [2.05, 4.69) is 10.1 Å². The Kier molecular flexibility index (Phi) is 4.48. The third-order valence-electron chi connectivity index (χ3n) is 4.55. The fourth-order valence-corrected chi connectivity index (χ4v) is 3.18.